The van der Waals surface area contributed by atoms with Gasteiger partial charge in [-0.15, -0.1) is 0 Å². The summed E-state index contributed by atoms with van der Waals surface area (Å²) in [6, 6.07) is 0. The Balaban J connectivity index is 1.65. The summed E-state index contributed by atoms with van der Waals surface area (Å²) >= 11 is 0. The van der Waals surface area contributed by atoms with Crippen molar-refractivity contribution >= 4 is 11.9 Å². The van der Waals surface area contributed by atoms with Crippen molar-refractivity contribution in [2.75, 3.05) is 33.2 Å². The molecule has 1 aromatic heterocycles. The number of likely N-dealkylation sites (tertiary alicyclic amines) is 2. The summed E-state index contributed by atoms with van der Waals surface area (Å²) in [6.45, 7) is 6.04. The molecular formula is C16H24N4O3. The fourth-order valence-electron chi connectivity index (χ4n) is 4.14. The van der Waals surface area contributed by atoms with Crippen LogP contribution in [-0.2, 0) is 16.0 Å². The Hall–Kier alpha value is -1.89. The van der Waals surface area contributed by atoms with E-state index in [1.165, 1.54) is 0 Å². The molecule has 0 bridgehead atoms. The van der Waals surface area contributed by atoms with Crippen LogP contribution in [0.2, 0.25) is 0 Å². The zero-order chi connectivity index (χ0) is 16.8. The number of aromatic amines is 1. The van der Waals surface area contributed by atoms with Crippen molar-refractivity contribution in [1.82, 2.24) is 20.0 Å². The SMILES string of the molecule is Cc1n[nH]c(C)c1CCC(=O)N1C[C@H]2CN(C)C[C@@]2(C(=O)O)C1. The lowest BCUT2D eigenvalue weighted by molar-refractivity contribution is -0.149. The number of nitrogens with one attached hydrogen (secondary N) is 1. The number of hydrogen-bond acceptors (Lipinski definition) is 4. The Morgan fingerprint density at radius 3 is 2.65 bits per heavy atom. The normalized spacial score (nSPS) is 27.4. The molecule has 1 aromatic rings. The Labute approximate surface area is 135 Å². The van der Waals surface area contributed by atoms with Gasteiger partial charge in [0.25, 0.3) is 0 Å². The lowest BCUT2D eigenvalue weighted by Crippen LogP contribution is -2.41. The lowest BCUT2D eigenvalue weighted by Gasteiger charge is -2.24. The summed E-state index contributed by atoms with van der Waals surface area (Å²) in [4.78, 5) is 28.1. The van der Waals surface area contributed by atoms with Gasteiger partial charge in [-0.1, -0.05) is 0 Å². The number of aryl methyl sites for hydroxylation is 2. The first-order valence-electron chi connectivity index (χ1n) is 8.03. The molecule has 2 fully saturated rings. The molecule has 3 rings (SSSR count). The number of amides is 1. The van der Waals surface area contributed by atoms with Gasteiger partial charge in [-0.3, -0.25) is 14.7 Å². The quantitative estimate of drug-likeness (QED) is 0.840. The molecule has 0 aromatic carbocycles. The molecule has 2 aliphatic heterocycles. The van der Waals surface area contributed by atoms with Crippen molar-refractivity contribution < 1.29 is 14.7 Å². The molecule has 3 heterocycles. The maximum Gasteiger partial charge on any atom is 0.313 e. The van der Waals surface area contributed by atoms with E-state index in [1.807, 2.05) is 20.9 Å². The van der Waals surface area contributed by atoms with Crippen LogP contribution < -0.4 is 0 Å². The summed E-state index contributed by atoms with van der Waals surface area (Å²) in [5.74, 6) is -0.697. The second-order valence-electron chi connectivity index (χ2n) is 7.04. The minimum absolute atomic E-state index is 0.0337. The van der Waals surface area contributed by atoms with Gasteiger partial charge in [0.2, 0.25) is 5.91 Å². The summed E-state index contributed by atoms with van der Waals surface area (Å²) in [5, 5.41) is 16.7. The van der Waals surface area contributed by atoms with E-state index < -0.39 is 11.4 Å². The number of hydrogen-bond donors (Lipinski definition) is 2. The third-order valence-corrected chi connectivity index (χ3v) is 5.43. The standard InChI is InChI=1S/C16H24N4O3/c1-10-13(11(2)18-17-10)4-5-14(21)20-7-12-6-19(3)8-16(12,9-20)15(22)23/h12H,4-9H2,1-3H3,(H,17,18)(H,22,23)/t12-,16-/m1/s1. The van der Waals surface area contributed by atoms with Crippen LogP contribution >= 0.6 is 0 Å². The van der Waals surface area contributed by atoms with Crippen molar-refractivity contribution in [1.29, 1.82) is 0 Å². The van der Waals surface area contributed by atoms with Crippen LogP contribution in [0.1, 0.15) is 23.4 Å². The van der Waals surface area contributed by atoms with Crippen LogP contribution in [0.5, 0.6) is 0 Å². The number of nitrogens with zero attached hydrogens (tertiary/aromatic N) is 3. The molecule has 7 nitrogen and oxygen atoms in total. The Kier molecular flexibility index (Phi) is 3.91. The molecule has 23 heavy (non-hydrogen) atoms. The van der Waals surface area contributed by atoms with E-state index in [0.717, 1.165) is 23.5 Å². The second kappa shape index (κ2) is 5.63. The van der Waals surface area contributed by atoms with E-state index in [4.69, 9.17) is 0 Å². The molecule has 0 unspecified atom stereocenters. The smallest absolute Gasteiger partial charge is 0.313 e. The highest BCUT2D eigenvalue weighted by Crippen LogP contribution is 2.42. The van der Waals surface area contributed by atoms with E-state index in [0.29, 0.717) is 32.5 Å². The zero-order valence-electron chi connectivity index (χ0n) is 13.9. The van der Waals surface area contributed by atoms with Gasteiger partial charge in [0, 0.05) is 44.2 Å². The van der Waals surface area contributed by atoms with Gasteiger partial charge in [0.15, 0.2) is 0 Å². The number of H-pyrrole nitrogens is 1. The van der Waals surface area contributed by atoms with E-state index in [2.05, 4.69) is 15.1 Å². The zero-order valence-corrected chi connectivity index (χ0v) is 13.9. The first-order chi connectivity index (χ1) is 10.8. The number of carbonyl (C=O) groups excluding carboxylic acids is 1. The van der Waals surface area contributed by atoms with Crippen LogP contribution in [-0.4, -0.2) is 70.2 Å². The Morgan fingerprint density at radius 1 is 1.35 bits per heavy atom. The third-order valence-electron chi connectivity index (χ3n) is 5.43. The van der Waals surface area contributed by atoms with Gasteiger partial charge in [-0.05, 0) is 32.9 Å². The maximum atomic E-state index is 12.5. The van der Waals surface area contributed by atoms with Crippen molar-refractivity contribution in [3.8, 4) is 0 Å². The number of fused-ring (bicyclic) bond motifs is 1. The van der Waals surface area contributed by atoms with E-state index in [-0.39, 0.29) is 11.8 Å². The lowest BCUT2D eigenvalue weighted by atomic mass is 9.81. The van der Waals surface area contributed by atoms with Gasteiger partial charge in [0.05, 0.1) is 5.69 Å². The van der Waals surface area contributed by atoms with Gasteiger partial charge in [-0.25, -0.2) is 0 Å². The molecular weight excluding hydrogens is 296 g/mol. The molecule has 126 valence electrons. The minimum atomic E-state index is -0.786. The van der Waals surface area contributed by atoms with Gasteiger partial charge in [-0.2, -0.15) is 5.10 Å². The predicted molar refractivity (Wildman–Crippen MR) is 84.0 cm³/mol. The molecule has 7 heteroatoms. The maximum absolute atomic E-state index is 12.5. The molecule has 1 amide bonds. The summed E-state index contributed by atoms with van der Waals surface area (Å²) < 4.78 is 0. The number of carbonyl (C=O) groups is 2. The summed E-state index contributed by atoms with van der Waals surface area (Å²) in [5.41, 5.74) is 2.23. The van der Waals surface area contributed by atoms with Crippen LogP contribution in [0.25, 0.3) is 0 Å². The van der Waals surface area contributed by atoms with Gasteiger partial charge < -0.3 is 14.9 Å². The number of carboxylic acids is 1. The van der Waals surface area contributed by atoms with Crippen LogP contribution in [0.4, 0.5) is 0 Å². The number of rotatable bonds is 4. The average molecular weight is 320 g/mol. The van der Waals surface area contributed by atoms with Gasteiger partial charge in [0.1, 0.15) is 5.41 Å². The Bertz CT molecular complexity index is 622. The Morgan fingerprint density at radius 2 is 2.09 bits per heavy atom. The highest BCUT2D eigenvalue weighted by atomic mass is 16.4. The largest absolute Gasteiger partial charge is 0.481 e. The molecule has 2 saturated heterocycles. The highest BCUT2D eigenvalue weighted by molar-refractivity contribution is 5.82. The molecule has 2 atom stereocenters. The van der Waals surface area contributed by atoms with Crippen molar-refractivity contribution in [3.05, 3.63) is 17.0 Å². The molecule has 0 radical (unpaired) electrons. The van der Waals surface area contributed by atoms with Crippen LogP contribution in [0, 0.1) is 25.2 Å². The van der Waals surface area contributed by atoms with E-state index in [9.17, 15) is 14.7 Å². The fourth-order valence-corrected chi connectivity index (χ4v) is 4.14. The van der Waals surface area contributed by atoms with Gasteiger partial charge >= 0.3 is 5.97 Å². The summed E-state index contributed by atoms with van der Waals surface area (Å²) in [6.07, 6.45) is 1.05. The molecule has 0 saturated carbocycles. The summed E-state index contributed by atoms with van der Waals surface area (Å²) in [7, 11) is 1.94. The predicted octanol–water partition coefficient (Wildman–Crippen LogP) is 0.434. The topological polar surface area (TPSA) is 89.5 Å². The van der Waals surface area contributed by atoms with Crippen molar-refractivity contribution in [2.45, 2.75) is 26.7 Å². The fraction of sp³-hybridized carbons (Fsp3) is 0.688. The average Bonchev–Trinajstić information content (AvgIpc) is 3.08. The van der Waals surface area contributed by atoms with Crippen molar-refractivity contribution in [2.24, 2.45) is 11.3 Å². The molecule has 0 spiro atoms. The monoisotopic (exact) mass is 320 g/mol. The molecule has 2 N–H and O–H groups in total. The first kappa shape index (κ1) is 16.0. The van der Waals surface area contributed by atoms with Crippen LogP contribution in [0.3, 0.4) is 0 Å². The highest BCUT2D eigenvalue weighted by Gasteiger charge is 2.57. The molecule has 0 aliphatic carbocycles. The molecule has 2 aliphatic rings. The van der Waals surface area contributed by atoms with Crippen LogP contribution in [0.15, 0.2) is 0 Å². The first-order valence-corrected chi connectivity index (χ1v) is 8.03. The van der Waals surface area contributed by atoms with Crippen molar-refractivity contribution in [3.63, 3.8) is 0 Å². The van der Waals surface area contributed by atoms with E-state index in [1.54, 1.807) is 4.90 Å². The second-order valence-corrected chi connectivity index (χ2v) is 7.04. The number of carboxylic acid groups (broad SMARTS) is 1. The number of aliphatic carboxylic acids is 1. The van der Waals surface area contributed by atoms with E-state index >= 15 is 0 Å². The third kappa shape index (κ3) is 2.63. The number of aromatic nitrogens is 2. The minimum Gasteiger partial charge on any atom is -0.481 e.